The predicted molar refractivity (Wildman–Crippen MR) is 62.2 cm³/mol. The van der Waals surface area contributed by atoms with Gasteiger partial charge in [-0.05, 0) is 44.1 Å². The number of rotatable bonds is 4. The minimum atomic E-state index is 0.619. The molecular weight excluding hydrogens is 172 g/mol. The zero-order chi connectivity index (χ0) is 10.6. The van der Waals surface area contributed by atoms with E-state index in [9.17, 15) is 0 Å². The van der Waals surface area contributed by atoms with Crippen LogP contribution in [0, 0.1) is 11.8 Å². The van der Waals surface area contributed by atoms with Crippen molar-refractivity contribution >= 4 is 0 Å². The molecule has 1 saturated carbocycles. The molecule has 2 nitrogen and oxygen atoms in total. The van der Waals surface area contributed by atoms with Gasteiger partial charge in [0, 0.05) is 12.1 Å². The zero-order valence-corrected chi connectivity index (χ0v) is 9.92. The van der Waals surface area contributed by atoms with Gasteiger partial charge in [0.15, 0.2) is 0 Å². The van der Waals surface area contributed by atoms with E-state index in [4.69, 9.17) is 5.73 Å². The fraction of sp³-hybridized carbons (Fsp3) is 1.00. The summed E-state index contributed by atoms with van der Waals surface area (Å²) in [5.41, 5.74) is 5.60. The Morgan fingerprint density at radius 2 is 2.07 bits per heavy atom. The van der Waals surface area contributed by atoms with E-state index in [1.807, 2.05) is 0 Å². The molecule has 0 amide bonds. The van der Waals surface area contributed by atoms with Crippen molar-refractivity contribution < 1.29 is 0 Å². The Kier molecular flexibility index (Phi) is 4.90. The molecule has 0 bridgehead atoms. The number of hydrogen-bond donors (Lipinski definition) is 2. The third kappa shape index (κ3) is 3.58. The summed E-state index contributed by atoms with van der Waals surface area (Å²) in [6.07, 6.45) is 5.29. The summed E-state index contributed by atoms with van der Waals surface area (Å²) in [6.45, 7) is 7.71. The van der Waals surface area contributed by atoms with Gasteiger partial charge >= 0.3 is 0 Å². The molecule has 14 heavy (non-hydrogen) atoms. The second-order valence-electron chi connectivity index (χ2n) is 5.16. The van der Waals surface area contributed by atoms with Gasteiger partial charge in [-0.3, -0.25) is 0 Å². The van der Waals surface area contributed by atoms with Crippen LogP contribution < -0.4 is 11.1 Å². The largest absolute Gasteiger partial charge is 0.330 e. The van der Waals surface area contributed by atoms with Gasteiger partial charge in [-0.1, -0.05) is 20.8 Å². The van der Waals surface area contributed by atoms with Crippen LogP contribution in [0.15, 0.2) is 0 Å². The highest BCUT2D eigenvalue weighted by Crippen LogP contribution is 2.30. The first kappa shape index (κ1) is 12.0. The van der Waals surface area contributed by atoms with Gasteiger partial charge in [-0.25, -0.2) is 0 Å². The molecule has 3 atom stereocenters. The third-order valence-corrected chi connectivity index (χ3v) is 3.40. The Labute approximate surface area is 88.6 Å². The monoisotopic (exact) mass is 198 g/mol. The normalized spacial score (nSPS) is 33.6. The van der Waals surface area contributed by atoms with Crippen LogP contribution in [0.4, 0.5) is 0 Å². The van der Waals surface area contributed by atoms with E-state index in [0.29, 0.717) is 6.04 Å². The van der Waals surface area contributed by atoms with Crippen LogP contribution in [-0.4, -0.2) is 18.6 Å². The van der Waals surface area contributed by atoms with E-state index in [1.165, 1.54) is 25.7 Å². The molecule has 0 spiro atoms. The standard InChI is InChI=1S/C12H26N2/c1-9(2)14-12-5-4-11(6-7-13)8-10(12)3/h9-12,14H,4-8,13H2,1-3H3. The van der Waals surface area contributed by atoms with Crippen LogP contribution in [0.3, 0.4) is 0 Å². The van der Waals surface area contributed by atoms with E-state index in [0.717, 1.165) is 24.4 Å². The molecule has 1 rings (SSSR count). The molecule has 1 fully saturated rings. The van der Waals surface area contributed by atoms with Crippen molar-refractivity contribution in [3.63, 3.8) is 0 Å². The van der Waals surface area contributed by atoms with Crippen molar-refractivity contribution in [3.05, 3.63) is 0 Å². The number of nitrogens with one attached hydrogen (secondary N) is 1. The van der Waals surface area contributed by atoms with Crippen molar-refractivity contribution in [2.75, 3.05) is 6.54 Å². The van der Waals surface area contributed by atoms with Crippen molar-refractivity contribution in [1.82, 2.24) is 5.32 Å². The van der Waals surface area contributed by atoms with Gasteiger partial charge in [-0.2, -0.15) is 0 Å². The van der Waals surface area contributed by atoms with Gasteiger partial charge in [0.05, 0.1) is 0 Å². The molecule has 84 valence electrons. The average molecular weight is 198 g/mol. The average Bonchev–Trinajstić information content (AvgIpc) is 2.10. The molecule has 1 aliphatic carbocycles. The first-order valence-corrected chi connectivity index (χ1v) is 6.09. The summed E-state index contributed by atoms with van der Waals surface area (Å²) in [7, 11) is 0. The SMILES string of the molecule is CC(C)NC1CCC(CCN)CC1C. The molecule has 1 aliphatic rings. The molecule has 0 aromatic heterocycles. The minimum absolute atomic E-state index is 0.619. The van der Waals surface area contributed by atoms with Crippen molar-refractivity contribution in [2.24, 2.45) is 17.6 Å². The maximum Gasteiger partial charge on any atom is 0.00952 e. The predicted octanol–water partition coefficient (Wildman–Crippen LogP) is 2.14. The maximum atomic E-state index is 5.60. The molecule has 0 aromatic rings. The van der Waals surface area contributed by atoms with E-state index >= 15 is 0 Å². The summed E-state index contributed by atoms with van der Waals surface area (Å²) in [5, 5.41) is 3.66. The van der Waals surface area contributed by atoms with Gasteiger partial charge < -0.3 is 11.1 Å². The summed E-state index contributed by atoms with van der Waals surface area (Å²) < 4.78 is 0. The highest BCUT2D eigenvalue weighted by atomic mass is 14.9. The fourth-order valence-electron chi connectivity index (χ4n) is 2.68. The summed E-state index contributed by atoms with van der Waals surface area (Å²) >= 11 is 0. The molecule has 0 aliphatic heterocycles. The molecule has 0 saturated heterocycles. The summed E-state index contributed by atoms with van der Waals surface area (Å²) in [4.78, 5) is 0. The van der Waals surface area contributed by atoms with Gasteiger partial charge in [0.25, 0.3) is 0 Å². The van der Waals surface area contributed by atoms with Crippen molar-refractivity contribution in [3.8, 4) is 0 Å². The number of nitrogens with two attached hydrogens (primary N) is 1. The smallest absolute Gasteiger partial charge is 0.00952 e. The molecule has 3 N–H and O–H groups in total. The van der Waals surface area contributed by atoms with Gasteiger partial charge in [0.2, 0.25) is 0 Å². The van der Waals surface area contributed by atoms with E-state index in [-0.39, 0.29) is 0 Å². The van der Waals surface area contributed by atoms with Crippen LogP contribution in [0.25, 0.3) is 0 Å². The lowest BCUT2D eigenvalue weighted by Crippen LogP contribution is -2.42. The number of hydrogen-bond acceptors (Lipinski definition) is 2. The Balaban J connectivity index is 2.32. The second-order valence-corrected chi connectivity index (χ2v) is 5.16. The second kappa shape index (κ2) is 5.72. The zero-order valence-electron chi connectivity index (χ0n) is 9.92. The Morgan fingerprint density at radius 3 is 2.57 bits per heavy atom. The van der Waals surface area contributed by atoms with Gasteiger partial charge in [-0.15, -0.1) is 0 Å². The summed E-state index contributed by atoms with van der Waals surface area (Å²) in [6, 6.07) is 1.36. The van der Waals surface area contributed by atoms with Crippen LogP contribution in [-0.2, 0) is 0 Å². The lowest BCUT2D eigenvalue weighted by molar-refractivity contribution is 0.203. The van der Waals surface area contributed by atoms with E-state index in [2.05, 4.69) is 26.1 Å². The first-order chi connectivity index (χ1) is 6.63. The lowest BCUT2D eigenvalue weighted by atomic mass is 9.77. The van der Waals surface area contributed by atoms with Gasteiger partial charge in [0.1, 0.15) is 0 Å². The van der Waals surface area contributed by atoms with Crippen molar-refractivity contribution in [1.29, 1.82) is 0 Å². The Bertz CT molecular complexity index is 156. The first-order valence-electron chi connectivity index (χ1n) is 6.09. The fourth-order valence-corrected chi connectivity index (χ4v) is 2.68. The molecule has 0 heterocycles. The molecule has 2 heteroatoms. The van der Waals surface area contributed by atoms with E-state index < -0.39 is 0 Å². The molecule has 0 aromatic carbocycles. The topological polar surface area (TPSA) is 38.0 Å². The van der Waals surface area contributed by atoms with Crippen LogP contribution >= 0.6 is 0 Å². The quantitative estimate of drug-likeness (QED) is 0.726. The van der Waals surface area contributed by atoms with Crippen LogP contribution in [0.1, 0.15) is 46.5 Å². The van der Waals surface area contributed by atoms with Crippen LogP contribution in [0.2, 0.25) is 0 Å². The Hall–Kier alpha value is -0.0800. The highest BCUT2D eigenvalue weighted by Gasteiger charge is 2.26. The minimum Gasteiger partial charge on any atom is -0.330 e. The van der Waals surface area contributed by atoms with E-state index in [1.54, 1.807) is 0 Å². The lowest BCUT2D eigenvalue weighted by Gasteiger charge is -2.35. The third-order valence-electron chi connectivity index (χ3n) is 3.40. The molecular formula is C12H26N2. The molecule has 3 unspecified atom stereocenters. The maximum absolute atomic E-state index is 5.60. The van der Waals surface area contributed by atoms with Crippen molar-refractivity contribution in [2.45, 2.75) is 58.5 Å². The highest BCUT2D eigenvalue weighted by molar-refractivity contribution is 4.83. The molecule has 0 radical (unpaired) electrons. The summed E-state index contributed by atoms with van der Waals surface area (Å²) in [5.74, 6) is 1.71. The van der Waals surface area contributed by atoms with Crippen LogP contribution in [0.5, 0.6) is 0 Å². The Morgan fingerprint density at radius 1 is 1.36 bits per heavy atom.